The van der Waals surface area contributed by atoms with Crippen LogP contribution in [0.4, 0.5) is 0 Å². The van der Waals surface area contributed by atoms with Gasteiger partial charge in [-0.15, -0.1) is 0 Å². The van der Waals surface area contributed by atoms with E-state index in [2.05, 4.69) is 37.2 Å². The highest BCUT2D eigenvalue weighted by Crippen LogP contribution is 2.50. The number of ether oxygens (including phenoxy) is 9. The Kier molecular flexibility index (Phi) is 35.9. The molecule has 37 heteroatoms. The first-order chi connectivity index (χ1) is 46.2. The van der Waals surface area contributed by atoms with Crippen molar-refractivity contribution < 1.29 is 136 Å². The number of carbonyl (C=O) groups is 7. The van der Waals surface area contributed by atoms with E-state index in [1.165, 1.54) is 25.7 Å². The summed E-state index contributed by atoms with van der Waals surface area (Å²) in [6.07, 6.45) is -15.4. The van der Waals surface area contributed by atoms with Gasteiger partial charge < -0.3 is 135 Å². The van der Waals surface area contributed by atoms with Crippen LogP contribution in [0.15, 0.2) is 24.3 Å². The molecule has 3 saturated heterocycles. The molecule has 4 aliphatic rings. The fraction of sp³-hybridized carbons (Fsp3) is 0.783. The van der Waals surface area contributed by atoms with Gasteiger partial charge >= 0.3 is 7.60 Å². The quantitative estimate of drug-likeness (QED) is 0.0214. The van der Waals surface area contributed by atoms with Crippen LogP contribution in [0.2, 0.25) is 0 Å². The van der Waals surface area contributed by atoms with E-state index in [-0.39, 0.29) is 104 Å². The Morgan fingerprint density at radius 1 is 0.526 bits per heavy atom. The van der Waals surface area contributed by atoms with Crippen molar-refractivity contribution in [2.24, 2.45) is 5.92 Å². The van der Waals surface area contributed by atoms with E-state index in [4.69, 9.17) is 47.2 Å². The number of hydrogen-bond acceptors (Lipinski definition) is 28. The van der Waals surface area contributed by atoms with Crippen molar-refractivity contribution >= 4 is 48.9 Å². The van der Waals surface area contributed by atoms with Gasteiger partial charge in [0.05, 0.1) is 110 Å². The van der Waals surface area contributed by atoms with E-state index >= 15 is 0 Å². The molecule has 7 amide bonds. The maximum atomic E-state index is 14.5. The molecule has 0 radical (unpaired) electrons. The summed E-state index contributed by atoms with van der Waals surface area (Å²) in [6, 6.07) is 2.10. The van der Waals surface area contributed by atoms with Crippen molar-refractivity contribution in [3.05, 3.63) is 35.4 Å². The SMILES string of the molecule is CC(=O)NC1C(OCCOCCNC(=O)CN(CC(=O)NCCOCCOC2OC(CO)C(O)C(O)C2NC(C)=O)C(Cc2ccc(CNC(=O)C3CCC(OP(=O)(O)C(C)C)CC3)cc2)C(=O)NCCOCCOC2OC(CO)C(O)C(O)C2NC(C)=O)OC(CO)C(O)C1O. The first-order valence-electron chi connectivity index (χ1n) is 32.4. The standard InChI is InChI=1S/C60H101N8O28P/c1-33(2)97(85,86)96-40-12-10-39(11-13-40)56(83)64-27-38-8-6-37(7-9-38)26-41(57(84)63-16-19-89-22-25-92-60-49(67-36(5)74)55(82)52(79)44(32-71)95-60)68(28-45(75)61-14-17-87-20-23-90-58-47(65-34(3)72)53(80)50(77)42(30-69)93-58)29-46(76)62-15-18-88-21-24-91-59-48(66-35(4)73)54(81)51(78)43(31-70)94-59/h6-9,33,39-44,47-55,58-60,69-71,77-82H,10-32H2,1-5H3,(H,61,75)(H,62,76)(H,63,84)(H,64,83)(H,65,72)(H,66,73)(H,67,74)(H,85,86). The van der Waals surface area contributed by atoms with Crippen LogP contribution in [0, 0.1) is 5.92 Å². The summed E-state index contributed by atoms with van der Waals surface area (Å²) in [7, 11) is -3.79. The highest BCUT2D eigenvalue weighted by molar-refractivity contribution is 7.53. The van der Waals surface area contributed by atoms with Crippen LogP contribution in [-0.2, 0) is 98.2 Å². The Morgan fingerprint density at radius 2 is 0.897 bits per heavy atom. The van der Waals surface area contributed by atoms with Gasteiger partial charge in [0.15, 0.2) is 18.9 Å². The van der Waals surface area contributed by atoms with Gasteiger partial charge in [0.1, 0.15) is 73.1 Å². The average molecular weight is 1410 g/mol. The average Bonchev–Trinajstić information content (AvgIpc) is 0.831. The summed E-state index contributed by atoms with van der Waals surface area (Å²) in [5, 5.41) is 110. The summed E-state index contributed by atoms with van der Waals surface area (Å²) >= 11 is 0. The molecule has 17 unspecified atom stereocenters. The fourth-order valence-corrected chi connectivity index (χ4v) is 11.8. The first kappa shape index (κ1) is 82.6. The molecule has 3 heterocycles. The molecule has 0 spiro atoms. The number of benzene rings is 1. The van der Waals surface area contributed by atoms with Crippen molar-refractivity contribution in [2.75, 3.05) is 112 Å². The number of hydrogen-bond donors (Lipinski definition) is 17. The molecular formula is C60H101N8O28P. The monoisotopic (exact) mass is 1410 g/mol. The van der Waals surface area contributed by atoms with Gasteiger partial charge in [-0.3, -0.25) is 43.0 Å². The Balaban J connectivity index is 1.26. The number of carbonyl (C=O) groups excluding carboxylic acids is 7. The Labute approximate surface area is 561 Å². The Bertz CT molecular complexity index is 2560. The van der Waals surface area contributed by atoms with E-state index < -0.39 is 186 Å². The van der Waals surface area contributed by atoms with Crippen LogP contribution in [0.1, 0.15) is 71.4 Å². The van der Waals surface area contributed by atoms with Crippen molar-refractivity contribution in [1.29, 1.82) is 0 Å². The van der Waals surface area contributed by atoms with Crippen molar-refractivity contribution in [1.82, 2.24) is 42.1 Å². The number of amides is 7. The summed E-state index contributed by atoms with van der Waals surface area (Å²) in [5.74, 6) is -4.11. The van der Waals surface area contributed by atoms with Crippen molar-refractivity contribution in [3.63, 3.8) is 0 Å². The van der Waals surface area contributed by atoms with Crippen LogP contribution in [0.5, 0.6) is 0 Å². The molecule has 97 heavy (non-hydrogen) atoms. The third kappa shape index (κ3) is 27.1. The van der Waals surface area contributed by atoms with E-state index in [9.17, 15) is 89.0 Å². The molecule has 4 fully saturated rings. The smallest absolute Gasteiger partial charge is 0.330 e. The lowest BCUT2D eigenvalue weighted by Crippen LogP contribution is -2.64. The zero-order chi connectivity index (χ0) is 71.4. The second-order valence-electron chi connectivity index (χ2n) is 24.1. The van der Waals surface area contributed by atoms with Crippen LogP contribution in [0.3, 0.4) is 0 Å². The minimum Gasteiger partial charge on any atom is -0.394 e. The first-order valence-corrected chi connectivity index (χ1v) is 34.0. The van der Waals surface area contributed by atoms with Gasteiger partial charge in [-0.25, -0.2) is 0 Å². The highest BCUT2D eigenvalue weighted by Gasteiger charge is 2.48. The molecule has 1 aromatic rings. The second kappa shape index (κ2) is 42.2. The third-order valence-corrected chi connectivity index (χ3v) is 18.2. The minimum atomic E-state index is -3.79. The van der Waals surface area contributed by atoms with Gasteiger partial charge in [0.2, 0.25) is 41.4 Å². The topological polar surface area (TPSA) is 519 Å². The summed E-state index contributed by atoms with van der Waals surface area (Å²) in [5.41, 5.74) is 0.709. The van der Waals surface area contributed by atoms with Gasteiger partial charge in [0.25, 0.3) is 0 Å². The lowest BCUT2D eigenvalue weighted by Gasteiger charge is -2.42. The van der Waals surface area contributed by atoms with E-state index in [1.54, 1.807) is 38.1 Å². The van der Waals surface area contributed by atoms with Gasteiger partial charge in [-0.2, -0.15) is 0 Å². The maximum absolute atomic E-state index is 14.5. The summed E-state index contributed by atoms with van der Waals surface area (Å²) < 4.78 is 68.8. The lowest BCUT2D eigenvalue weighted by molar-refractivity contribution is -0.272. The van der Waals surface area contributed by atoms with Crippen molar-refractivity contribution in [2.45, 2.75) is 183 Å². The molecule has 1 aromatic carbocycles. The third-order valence-electron chi connectivity index (χ3n) is 16.3. The number of aliphatic hydroxyl groups is 9. The fourth-order valence-electron chi connectivity index (χ4n) is 11.0. The number of nitrogens with zero attached hydrogens (tertiary/aromatic N) is 1. The van der Waals surface area contributed by atoms with Gasteiger partial charge in [-0.1, -0.05) is 38.1 Å². The molecule has 0 aromatic heterocycles. The van der Waals surface area contributed by atoms with Crippen molar-refractivity contribution in [3.8, 4) is 0 Å². The van der Waals surface area contributed by atoms with Crippen LogP contribution in [0.25, 0.3) is 0 Å². The molecule has 36 nitrogen and oxygen atoms in total. The molecule has 1 saturated carbocycles. The molecule has 17 N–H and O–H groups in total. The predicted octanol–water partition coefficient (Wildman–Crippen LogP) is -7.04. The van der Waals surface area contributed by atoms with Gasteiger partial charge in [0, 0.05) is 52.9 Å². The zero-order valence-corrected chi connectivity index (χ0v) is 56.2. The Hall–Kier alpha value is -5.10. The molecule has 5 rings (SSSR count). The lowest BCUT2D eigenvalue weighted by atomic mass is 9.87. The number of aliphatic hydroxyl groups excluding tert-OH is 9. The summed E-state index contributed by atoms with van der Waals surface area (Å²) in [6.45, 7) is 2.58. The Morgan fingerprint density at radius 3 is 1.26 bits per heavy atom. The van der Waals surface area contributed by atoms with Crippen LogP contribution < -0.4 is 37.2 Å². The minimum absolute atomic E-state index is 0.0808. The molecule has 1 aliphatic carbocycles. The largest absolute Gasteiger partial charge is 0.394 e. The second-order valence-corrected chi connectivity index (χ2v) is 26.5. The number of rotatable bonds is 41. The van der Waals surface area contributed by atoms with E-state index in [0.717, 1.165) is 0 Å². The van der Waals surface area contributed by atoms with E-state index in [1.807, 2.05) is 0 Å². The van der Waals surface area contributed by atoms with E-state index in [0.29, 0.717) is 36.8 Å². The number of nitrogens with one attached hydrogen (secondary N) is 7. The normalized spacial score (nSPS) is 29.2. The zero-order valence-electron chi connectivity index (χ0n) is 55.3. The molecule has 17 atom stereocenters. The predicted molar refractivity (Wildman–Crippen MR) is 335 cm³/mol. The summed E-state index contributed by atoms with van der Waals surface area (Å²) in [4.78, 5) is 103. The molecule has 0 bridgehead atoms. The molecule has 554 valence electrons. The van der Waals surface area contributed by atoms with Crippen LogP contribution >= 0.6 is 7.60 Å². The molecule has 3 aliphatic heterocycles. The highest BCUT2D eigenvalue weighted by atomic mass is 31.2. The van der Waals surface area contributed by atoms with Crippen LogP contribution in [-0.4, -0.2) is 319 Å². The van der Waals surface area contributed by atoms with Gasteiger partial charge in [-0.05, 0) is 43.2 Å². The maximum Gasteiger partial charge on any atom is 0.330 e. The molecular weight excluding hydrogens is 1310 g/mol.